The summed E-state index contributed by atoms with van der Waals surface area (Å²) in [5.74, 6) is 0.425. The van der Waals surface area contributed by atoms with Gasteiger partial charge in [0.2, 0.25) is 5.91 Å². The number of hydrogen-bond acceptors (Lipinski definition) is 3. The van der Waals surface area contributed by atoms with Gasteiger partial charge in [0.1, 0.15) is 0 Å². The Morgan fingerprint density at radius 1 is 1.53 bits per heavy atom. The van der Waals surface area contributed by atoms with Gasteiger partial charge >= 0.3 is 0 Å². The number of primary amides is 1. The van der Waals surface area contributed by atoms with Crippen LogP contribution in [0, 0.1) is 5.92 Å². The number of carbonyl (C=O) groups excluding carboxylic acids is 1. The van der Waals surface area contributed by atoms with Gasteiger partial charge in [0.25, 0.3) is 0 Å². The molecule has 0 aromatic heterocycles. The van der Waals surface area contributed by atoms with Crippen molar-refractivity contribution in [3.05, 3.63) is 0 Å². The number of piperidine rings is 1. The highest BCUT2D eigenvalue weighted by Gasteiger charge is 2.23. The predicted octanol–water partition coefficient (Wildman–Crippen LogP) is 0.310. The normalized spacial score (nSPS) is 30.1. The SMILES string of the molecule is CC1CCN(CCC(N)C(N)=O)C(C)C1. The Labute approximate surface area is 92.0 Å². The van der Waals surface area contributed by atoms with E-state index in [-0.39, 0.29) is 0 Å². The van der Waals surface area contributed by atoms with Crippen LogP contribution in [0.2, 0.25) is 0 Å². The Bertz CT molecular complexity index is 220. The highest BCUT2D eigenvalue weighted by molar-refractivity contribution is 5.79. The maximum Gasteiger partial charge on any atom is 0.234 e. The number of hydrogen-bond donors (Lipinski definition) is 2. The van der Waals surface area contributed by atoms with Gasteiger partial charge in [0, 0.05) is 12.6 Å². The molecule has 0 spiro atoms. The highest BCUT2D eigenvalue weighted by atomic mass is 16.1. The first kappa shape index (κ1) is 12.5. The second-order valence-electron chi connectivity index (χ2n) is 4.81. The van der Waals surface area contributed by atoms with E-state index in [2.05, 4.69) is 18.7 Å². The minimum absolute atomic E-state index is 0.395. The monoisotopic (exact) mass is 213 g/mol. The molecule has 1 aliphatic rings. The van der Waals surface area contributed by atoms with Gasteiger partial charge in [-0.25, -0.2) is 0 Å². The Morgan fingerprint density at radius 2 is 2.20 bits per heavy atom. The molecule has 1 amide bonds. The van der Waals surface area contributed by atoms with Crippen LogP contribution in [-0.4, -0.2) is 36.0 Å². The van der Waals surface area contributed by atoms with Crippen LogP contribution in [-0.2, 0) is 4.79 Å². The summed E-state index contributed by atoms with van der Waals surface area (Å²) in [6, 6.07) is 0.116. The lowest BCUT2D eigenvalue weighted by molar-refractivity contribution is -0.119. The van der Waals surface area contributed by atoms with Crippen molar-refractivity contribution in [3.63, 3.8) is 0 Å². The Balaban J connectivity index is 2.29. The lowest BCUT2D eigenvalue weighted by Gasteiger charge is -2.36. The summed E-state index contributed by atoms with van der Waals surface area (Å²) in [5, 5.41) is 0. The molecule has 15 heavy (non-hydrogen) atoms. The van der Waals surface area contributed by atoms with Crippen LogP contribution >= 0.6 is 0 Å². The summed E-state index contributed by atoms with van der Waals surface area (Å²) in [4.78, 5) is 13.2. The van der Waals surface area contributed by atoms with Gasteiger partial charge in [0.15, 0.2) is 0 Å². The third-order valence-electron chi connectivity index (χ3n) is 3.37. The molecule has 0 aromatic rings. The molecule has 1 aliphatic heterocycles. The smallest absolute Gasteiger partial charge is 0.234 e. The van der Waals surface area contributed by atoms with E-state index in [0.29, 0.717) is 12.5 Å². The van der Waals surface area contributed by atoms with Gasteiger partial charge in [-0.1, -0.05) is 6.92 Å². The molecule has 1 rings (SSSR count). The number of amides is 1. The number of nitrogens with two attached hydrogens (primary N) is 2. The predicted molar refractivity (Wildman–Crippen MR) is 61.2 cm³/mol. The van der Waals surface area contributed by atoms with Crippen molar-refractivity contribution >= 4 is 5.91 Å². The third kappa shape index (κ3) is 3.80. The van der Waals surface area contributed by atoms with Gasteiger partial charge in [-0.05, 0) is 38.6 Å². The van der Waals surface area contributed by atoms with Crippen molar-refractivity contribution < 1.29 is 4.79 Å². The number of nitrogens with zero attached hydrogens (tertiary/aromatic N) is 1. The molecule has 0 radical (unpaired) electrons. The second kappa shape index (κ2) is 5.47. The first-order chi connectivity index (χ1) is 7.00. The summed E-state index contributed by atoms with van der Waals surface area (Å²) in [6.45, 7) is 6.54. The lowest BCUT2D eigenvalue weighted by atomic mass is 9.93. The van der Waals surface area contributed by atoms with E-state index in [4.69, 9.17) is 11.5 Å². The zero-order valence-electron chi connectivity index (χ0n) is 9.78. The van der Waals surface area contributed by atoms with Crippen LogP contribution in [0.5, 0.6) is 0 Å². The minimum atomic E-state index is -0.489. The number of carbonyl (C=O) groups is 1. The molecule has 1 fully saturated rings. The topological polar surface area (TPSA) is 72.3 Å². The summed E-state index contributed by atoms with van der Waals surface area (Å²) in [5.41, 5.74) is 10.7. The fourth-order valence-electron chi connectivity index (χ4n) is 2.24. The van der Waals surface area contributed by atoms with E-state index < -0.39 is 11.9 Å². The molecule has 0 bridgehead atoms. The van der Waals surface area contributed by atoms with Crippen molar-refractivity contribution in [1.82, 2.24) is 4.90 Å². The summed E-state index contributed by atoms with van der Waals surface area (Å²) < 4.78 is 0. The molecule has 4 N–H and O–H groups in total. The van der Waals surface area contributed by atoms with E-state index in [9.17, 15) is 4.79 Å². The molecule has 0 aromatic carbocycles. The Hall–Kier alpha value is -0.610. The molecule has 1 heterocycles. The van der Waals surface area contributed by atoms with Crippen LogP contribution in [0.1, 0.15) is 33.1 Å². The van der Waals surface area contributed by atoms with Crippen molar-refractivity contribution in [1.29, 1.82) is 0 Å². The number of rotatable bonds is 4. The van der Waals surface area contributed by atoms with Crippen molar-refractivity contribution in [2.75, 3.05) is 13.1 Å². The van der Waals surface area contributed by atoms with Gasteiger partial charge in [-0.15, -0.1) is 0 Å². The fraction of sp³-hybridized carbons (Fsp3) is 0.909. The third-order valence-corrected chi connectivity index (χ3v) is 3.37. The zero-order valence-corrected chi connectivity index (χ0v) is 9.78. The first-order valence-electron chi connectivity index (χ1n) is 5.79. The summed E-state index contributed by atoms with van der Waals surface area (Å²) in [6.07, 6.45) is 3.16. The van der Waals surface area contributed by atoms with Crippen LogP contribution in [0.4, 0.5) is 0 Å². The van der Waals surface area contributed by atoms with Crippen molar-refractivity contribution in [2.24, 2.45) is 17.4 Å². The maximum atomic E-state index is 10.8. The molecule has 4 nitrogen and oxygen atoms in total. The lowest BCUT2D eigenvalue weighted by Crippen LogP contribution is -2.44. The fourth-order valence-corrected chi connectivity index (χ4v) is 2.24. The van der Waals surface area contributed by atoms with E-state index in [1.54, 1.807) is 0 Å². The van der Waals surface area contributed by atoms with E-state index in [1.807, 2.05) is 0 Å². The first-order valence-corrected chi connectivity index (χ1v) is 5.79. The maximum absolute atomic E-state index is 10.8. The molecule has 4 heteroatoms. The minimum Gasteiger partial charge on any atom is -0.368 e. The van der Waals surface area contributed by atoms with Crippen molar-refractivity contribution in [2.45, 2.75) is 45.2 Å². The second-order valence-corrected chi connectivity index (χ2v) is 4.81. The van der Waals surface area contributed by atoms with Gasteiger partial charge in [-0.2, -0.15) is 0 Å². The average Bonchev–Trinajstić information content (AvgIpc) is 2.15. The Kier molecular flexibility index (Phi) is 4.54. The molecule has 0 saturated carbocycles. The molecule has 1 saturated heterocycles. The van der Waals surface area contributed by atoms with Gasteiger partial charge < -0.3 is 16.4 Å². The van der Waals surface area contributed by atoms with Gasteiger partial charge in [-0.3, -0.25) is 4.79 Å². The largest absolute Gasteiger partial charge is 0.368 e. The molecule has 3 atom stereocenters. The Morgan fingerprint density at radius 3 is 2.73 bits per heavy atom. The van der Waals surface area contributed by atoms with Crippen LogP contribution in [0.3, 0.4) is 0 Å². The van der Waals surface area contributed by atoms with Gasteiger partial charge in [0.05, 0.1) is 6.04 Å². The van der Waals surface area contributed by atoms with E-state index >= 15 is 0 Å². The van der Waals surface area contributed by atoms with Crippen LogP contribution in [0.25, 0.3) is 0 Å². The molecule has 3 unspecified atom stereocenters. The summed E-state index contributed by atoms with van der Waals surface area (Å²) in [7, 11) is 0. The molecular formula is C11H23N3O. The van der Waals surface area contributed by atoms with Crippen LogP contribution < -0.4 is 11.5 Å². The van der Waals surface area contributed by atoms with Crippen molar-refractivity contribution in [3.8, 4) is 0 Å². The standard InChI is InChI=1S/C11H23N3O/c1-8-3-5-14(9(2)7-8)6-4-10(12)11(13)15/h8-10H,3-7,12H2,1-2H3,(H2,13,15). The highest BCUT2D eigenvalue weighted by Crippen LogP contribution is 2.21. The van der Waals surface area contributed by atoms with Crippen LogP contribution in [0.15, 0.2) is 0 Å². The number of likely N-dealkylation sites (tertiary alicyclic amines) is 1. The van der Waals surface area contributed by atoms with E-state index in [0.717, 1.165) is 19.0 Å². The molecule has 0 aliphatic carbocycles. The summed E-state index contributed by atoms with van der Waals surface area (Å²) >= 11 is 0. The molecular weight excluding hydrogens is 190 g/mol. The zero-order chi connectivity index (χ0) is 11.4. The average molecular weight is 213 g/mol. The quantitative estimate of drug-likeness (QED) is 0.706. The molecule has 88 valence electrons. The van der Waals surface area contributed by atoms with E-state index in [1.165, 1.54) is 12.8 Å².